The van der Waals surface area contributed by atoms with Crippen molar-refractivity contribution in [3.63, 3.8) is 0 Å². The number of nitrogens with one attached hydrogen (secondary N) is 1. The van der Waals surface area contributed by atoms with E-state index in [0.717, 1.165) is 0 Å². The van der Waals surface area contributed by atoms with Gasteiger partial charge in [-0.25, -0.2) is 4.79 Å². The average Bonchev–Trinajstić information content (AvgIpc) is 2.31. The van der Waals surface area contributed by atoms with Gasteiger partial charge in [0.05, 0.1) is 17.3 Å². The number of hydrogen-bond donors (Lipinski definition) is 3. The number of carboxylic acid groups (broad SMARTS) is 1. The largest absolute Gasteiger partial charge is 0.478 e. The molecule has 0 aromatic heterocycles. The summed E-state index contributed by atoms with van der Waals surface area (Å²) in [5.74, 6) is 0.747. The topological polar surface area (TPSA) is 92.4 Å². The Bertz CT molecular complexity index is 523. The molecule has 1 aromatic rings. The molecular formula is C12H11BrN2O3. The molecule has 1 atom stereocenters. The van der Waals surface area contributed by atoms with E-state index in [4.69, 9.17) is 17.3 Å². The second kappa shape index (κ2) is 6.19. The summed E-state index contributed by atoms with van der Waals surface area (Å²) in [4.78, 5) is 22.4. The van der Waals surface area contributed by atoms with E-state index in [0.29, 0.717) is 10.2 Å². The number of hydrogen-bond acceptors (Lipinski definition) is 3. The Kier molecular flexibility index (Phi) is 4.89. The van der Waals surface area contributed by atoms with Crippen LogP contribution in [0.1, 0.15) is 16.8 Å². The van der Waals surface area contributed by atoms with Crippen molar-refractivity contribution < 1.29 is 14.7 Å². The predicted molar refractivity (Wildman–Crippen MR) is 71.2 cm³/mol. The molecule has 0 saturated heterocycles. The molecule has 0 saturated carbocycles. The maximum absolute atomic E-state index is 11.6. The summed E-state index contributed by atoms with van der Waals surface area (Å²) in [6.45, 7) is 0. The van der Waals surface area contributed by atoms with Crippen LogP contribution < -0.4 is 11.1 Å². The standard InChI is InChI=1S/C12H11BrN2O3/c1-2-3-9(14)11(16)15-10-6-7(12(17)18)4-5-8(10)13/h1,4-6,9H,3,14H2,(H,15,16)(H,17,18). The lowest BCUT2D eigenvalue weighted by atomic mass is 10.1. The second-order valence-corrected chi connectivity index (χ2v) is 4.36. The van der Waals surface area contributed by atoms with E-state index in [1.165, 1.54) is 18.2 Å². The summed E-state index contributed by atoms with van der Waals surface area (Å²) in [5.41, 5.74) is 5.95. The minimum atomic E-state index is -1.08. The molecule has 0 radical (unpaired) electrons. The highest BCUT2D eigenvalue weighted by molar-refractivity contribution is 9.10. The van der Waals surface area contributed by atoms with Crippen molar-refractivity contribution in [2.45, 2.75) is 12.5 Å². The van der Waals surface area contributed by atoms with Gasteiger partial charge in [0.15, 0.2) is 0 Å². The zero-order chi connectivity index (χ0) is 13.7. The van der Waals surface area contributed by atoms with Gasteiger partial charge in [0, 0.05) is 10.9 Å². The minimum absolute atomic E-state index is 0.0685. The minimum Gasteiger partial charge on any atom is -0.478 e. The number of benzene rings is 1. The van der Waals surface area contributed by atoms with Crippen LogP contribution in [0.5, 0.6) is 0 Å². The van der Waals surface area contributed by atoms with E-state index >= 15 is 0 Å². The Labute approximate surface area is 112 Å². The van der Waals surface area contributed by atoms with Gasteiger partial charge in [0.2, 0.25) is 5.91 Å². The summed E-state index contributed by atoms with van der Waals surface area (Å²) in [6.07, 6.45) is 5.17. The predicted octanol–water partition coefficient (Wildman–Crippen LogP) is 1.44. The summed E-state index contributed by atoms with van der Waals surface area (Å²) < 4.78 is 0.564. The Morgan fingerprint density at radius 3 is 2.78 bits per heavy atom. The van der Waals surface area contributed by atoms with Crippen molar-refractivity contribution in [2.75, 3.05) is 5.32 Å². The zero-order valence-corrected chi connectivity index (χ0v) is 10.9. The van der Waals surface area contributed by atoms with E-state index in [1.807, 2.05) is 0 Å². The molecule has 0 aliphatic heterocycles. The molecule has 1 rings (SSSR count). The van der Waals surface area contributed by atoms with Crippen LogP contribution in [0, 0.1) is 12.3 Å². The van der Waals surface area contributed by atoms with Crippen molar-refractivity contribution in [3.05, 3.63) is 28.2 Å². The molecule has 0 fully saturated rings. The van der Waals surface area contributed by atoms with Crippen molar-refractivity contribution >= 4 is 33.5 Å². The molecule has 94 valence electrons. The van der Waals surface area contributed by atoms with Crippen LogP contribution in [0.2, 0.25) is 0 Å². The quantitative estimate of drug-likeness (QED) is 0.734. The number of terminal acetylenes is 1. The molecule has 0 heterocycles. The fourth-order valence-electron chi connectivity index (χ4n) is 1.20. The average molecular weight is 311 g/mol. The van der Waals surface area contributed by atoms with Gasteiger partial charge >= 0.3 is 5.97 Å². The highest BCUT2D eigenvalue weighted by Gasteiger charge is 2.14. The number of amides is 1. The molecular weight excluding hydrogens is 300 g/mol. The van der Waals surface area contributed by atoms with Crippen LogP contribution in [-0.4, -0.2) is 23.0 Å². The van der Waals surface area contributed by atoms with E-state index in [1.54, 1.807) is 0 Å². The number of aromatic carboxylic acids is 1. The lowest BCUT2D eigenvalue weighted by Crippen LogP contribution is -2.35. The Morgan fingerprint density at radius 1 is 1.56 bits per heavy atom. The molecule has 0 aliphatic rings. The van der Waals surface area contributed by atoms with Gasteiger partial charge in [-0.15, -0.1) is 12.3 Å². The number of anilines is 1. The van der Waals surface area contributed by atoms with E-state index in [2.05, 4.69) is 27.2 Å². The number of carboxylic acids is 1. The Morgan fingerprint density at radius 2 is 2.22 bits per heavy atom. The van der Waals surface area contributed by atoms with Crippen molar-refractivity contribution in [2.24, 2.45) is 5.73 Å². The number of halogens is 1. The van der Waals surface area contributed by atoms with Crippen LogP contribution in [0.4, 0.5) is 5.69 Å². The highest BCUT2D eigenvalue weighted by Crippen LogP contribution is 2.23. The van der Waals surface area contributed by atoms with Gasteiger partial charge in [0.1, 0.15) is 0 Å². The first kappa shape index (κ1) is 14.2. The summed E-state index contributed by atoms with van der Waals surface area (Å²) in [5, 5.41) is 11.4. The van der Waals surface area contributed by atoms with Gasteiger partial charge < -0.3 is 16.2 Å². The molecule has 6 heteroatoms. The van der Waals surface area contributed by atoms with Gasteiger partial charge in [-0.05, 0) is 34.1 Å². The monoisotopic (exact) mass is 310 g/mol. The maximum atomic E-state index is 11.6. The molecule has 5 nitrogen and oxygen atoms in total. The summed E-state index contributed by atoms with van der Waals surface area (Å²) >= 11 is 3.21. The molecule has 1 unspecified atom stereocenters. The first-order valence-corrected chi connectivity index (χ1v) is 5.77. The zero-order valence-electron chi connectivity index (χ0n) is 9.31. The summed E-state index contributed by atoms with van der Waals surface area (Å²) in [6, 6.07) is 3.47. The smallest absolute Gasteiger partial charge is 0.335 e. The Hall–Kier alpha value is -1.84. The maximum Gasteiger partial charge on any atom is 0.335 e. The molecule has 1 amide bonds. The van der Waals surface area contributed by atoms with Gasteiger partial charge in [-0.1, -0.05) is 0 Å². The normalized spacial score (nSPS) is 11.4. The second-order valence-electron chi connectivity index (χ2n) is 3.50. The van der Waals surface area contributed by atoms with E-state index < -0.39 is 17.9 Å². The number of carbonyl (C=O) groups is 2. The molecule has 0 aliphatic carbocycles. The lowest BCUT2D eigenvalue weighted by molar-refractivity contribution is -0.117. The highest BCUT2D eigenvalue weighted by atomic mass is 79.9. The third-order valence-electron chi connectivity index (χ3n) is 2.15. The lowest BCUT2D eigenvalue weighted by Gasteiger charge is -2.11. The van der Waals surface area contributed by atoms with Gasteiger partial charge in [-0.2, -0.15) is 0 Å². The van der Waals surface area contributed by atoms with Crippen molar-refractivity contribution in [1.29, 1.82) is 0 Å². The molecule has 0 spiro atoms. The number of rotatable bonds is 4. The third kappa shape index (κ3) is 3.58. The molecule has 0 bridgehead atoms. The first-order chi connectivity index (χ1) is 8.45. The number of nitrogens with two attached hydrogens (primary N) is 1. The van der Waals surface area contributed by atoms with Crippen molar-refractivity contribution in [3.8, 4) is 12.3 Å². The fourth-order valence-corrected chi connectivity index (χ4v) is 1.54. The number of carbonyl (C=O) groups excluding carboxylic acids is 1. The fraction of sp³-hybridized carbons (Fsp3) is 0.167. The third-order valence-corrected chi connectivity index (χ3v) is 2.84. The van der Waals surface area contributed by atoms with Gasteiger partial charge in [-0.3, -0.25) is 4.79 Å². The molecule has 18 heavy (non-hydrogen) atoms. The van der Waals surface area contributed by atoms with Crippen LogP contribution in [0.25, 0.3) is 0 Å². The van der Waals surface area contributed by atoms with E-state index in [-0.39, 0.29) is 12.0 Å². The van der Waals surface area contributed by atoms with Crippen LogP contribution in [0.15, 0.2) is 22.7 Å². The molecule has 4 N–H and O–H groups in total. The van der Waals surface area contributed by atoms with Gasteiger partial charge in [0.25, 0.3) is 0 Å². The van der Waals surface area contributed by atoms with E-state index in [9.17, 15) is 9.59 Å². The van der Waals surface area contributed by atoms with Crippen LogP contribution >= 0.6 is 15.9 Å². The van der Waals surface area contributed by atoms with Crippen LogP contribution in [0.3, 0.4) is 0 Å². The Balaban J connectivity index is 2.90. The summed E-state index contributed by atoms with van der Waals surface area (Å²) in [7, 11) is 0. The molecule has 1 aromatic carbocycles. The first-order valence-electron chi connectivity index (χ1n) is 4.98. The van der Waals surface area contributed by atoms with Crippen molar-refractivity contribution in [1.82, 2.24) is 0 Å². The van der Waals surface area contributed by atoms with Crippen LogP contribution in [-0.2, 0) is 4.79 Å². The SMILES string of the molecule is C#CCC(N)C(=O)Nc1cc(C(=O)O)ccc1Br.